The number of hydrogen-bond acceptors (Lipinski definition) is 7. The van der Waals surface area contributed by atoms with E-state index in [1.54, 1.807) is 11.6 Å². The van der Waals surface area contributed by atoms with Gasteiger partial charge in [0.15, 0.2) is 0 Å². The zero-order valence-corrected chi connectivity index (χ0v) is 10.9. The van der Waals surface area contributed by atoms with Crippen LogP contribution < -0.4 is 0 Å². The van der Waals surface area contributed by atoms with Gasteiger partial charge in [-0.1, -0.05) is 30.0 Å². The Bertz CT molecular complexity index is 665. The molecule has 0 saturated heterocycles. The van der Waals surface area contributed by atoms with Crippen molar-refractivity contribution in [1.29, 1.82) is 0 Å². The fourth-order valence-electron chi connectivity index (χ4n) is 1.52. The predicted octanol–water partition coefficient (Wildman–Crippen LogP) is 1.65. The van der Waals surface area contributed by atoms with Crippen LogP contribution >= 0.6 is 11.8 Å². The van der Waals surface area contributed by atoms with Crippen LogP contribution in [-0.4, -0.2) is 30.4 Å². The van der Waals surface area contributed by atoms with Crippen LogP contribution in [0.15, 0.2) is 39.9 Å². The van der Waals surface area contributed by atoms with E-state index in [-0.39, 0.29) is 0 Å². The van der Waals surface area contributed by atoms with Crippen molar-refractivity contribution >= 4 is 11.8 Å². The lowest BCUT2D eigenvalue weighted by molar-refractivity contribution is 0.485. The Morgan fingerprint density at radius 3 is 2.74 bits per heavy atom. The van der Waals surface area contributed by atoms with E-state index in [0.717, 1.165) is 5.69 Å². The van der Waals surface area contributed by atoms with Crippen molar-refractivity contribution in [2.45, 2.75) is 17.8 Å². The number of tetrazole rings is 1. The van der Waals surface area contributed by atoms with Crippen LogP contribution in [0.5, 0.6) is 0 Å². The third-order valence-corrected chi connectivity index (χ3v) is 3.24. The first-order chi connectivity index (χ1) is 9.33. The first-order valence-corrected chi connectivity index (χ1v) is 6.57. The molecule has 0 aliphatic carbocycles. The van der Waals surface area contributed by atoms with E-state index in [0.29, 0.717) is 22.7 Å². The van der Waals surface area contributed by atoms with E-state index in [9.17, 15) is 0 Å². The highest BCUT2D eigenvalue weighted by Crippen LogP contribution is 2.21. The number of benzene rings is 1. The quantitative estimate of drug-likeness (QED) is 0.669. The van der Waals surface area contributed by atoms with E-state index < -0.39 is 0 Å². The number of para-hydroxylation sites is 1. The van der Waals surface area contributed by atoms with Gasteiger partial charge < -0.3 is 4.42 Å². The van der Waals surface area contributed by atoms with Crippen LogP contribution in [0.3, 0.4) is 0 Å². The molecule has 0 atom stereocenters. The minimum Gasteiger partial charge on any atom is -0.425 e. The fourth-order valence-corrected chi connectivity index (χ4v) is 2.25. The predicted molar refractivity (Wildman–Crippen MR) is 67.8 cm³/mol. The molecule has 0 unspecified atom stereocenters. The minimum absolute atomic E-state index is 0.536. The second-order valence-corrected chi connectivity index (χ2v) is 4.65. The van der Waals surface area contributed by atoms with Gasteiger partial charge in [0.2, 0.25) is 16.9 Å². The molecule has 0 amide bonds. The van der Waals surface area contributed by atoms with Crippen molar-refractivity contribution in [3.63, 3.8) is 0 Å². The number of hydrogen-bond donors (Lipinski definition) is 0. The molecule has 2 aromatic heterocycles. The average molecular weight is 274 g/mol. The van der Waals surface area contributed by atoms with Gasteiger partial charge in [-0.25, -0.2) is 0 Å². The Hall–Kier alpha value is -2.22. The molecule has 0 N–H and O–H groups in total. The molecule has 0 aliphatic heterocycles. The normalized spacial score (nSPS) is 10.8. The van der Waals surface area contributed by atoms with Gasteiger partial charge in [-0.15, -0.1) is 15.3 Å². The number of aryl methyl sites for hydroxylation is 1. The van der Waals surface area contributed by atoms with Crippen LogP contribution in [0, 0.1) is 6.92 Å². The van der Waals surface area contributed by atoms with Crippen LogP contribution in [0.2, 0.25) is 0 Å². The van der Waals surface area contributed by atoms with Gasteiger partial charge in [-0.05, 0) is 22.6 Å². The first-order valence-electron chi connectivity index (χ1n) is 5.58. The van der Waals surface area contributed by atoms with E-state index in [1.807, 2.05) is 30.3 Å². The summed E-state index contributed by atoms with van der Waals surface area (Å²) in [4.78, 5) is 0. The van der Waals surface area contributed by atoms with Crippen molar-refractivity contribution in [3.05, 3.63) is 42.1 Å². The van der Waals surface area contributed by atoms with E-state index in [1.165, 1.54) is 11.8 Å². The Morgan fingerprint density at radius 2 is 2.00 bits per heavy atom. The number of aromatic nitrogens is 6. The zero-order valence-electron chi connectivity index (χ0n) is 10.1. The summed E-state index contributed by atoms with van der Waals surface area (Å²) >= 11 is 1.45. The molecule has 0 saturated carbocycles. The molecule has 0 fully saturated rings. The number of thioether (sulfide) groups is 1. The smallest absolute Gasteiger partial charge is 0.226 e. The lowest BCUT2D eigenvalue weighted by Gasteiger charge is -2.02. The average Bonchev–Trinajstić information content (AvgIpc) is 3.06. The molecule has 0 radical (unpaired) electrons. The fraction of sp³-hybridized carbons (Fsp3) is 0.182. The highest BCUT2D eigenvalue weighted by atomic mass is 32.2. The molecule has 3 rings (SSSR count). The molecule has 0 aliphatic rings. The summed E-state index contributed by atoms with van der Waals surface area (Å²) in [6.45, 7) is 1.76. The van der Waals surface area contributed by atoms with Crippen LogP contribution in [0.4, 0.5) is 0 Å². The van der Waals surface area contributed by atoms with Crippen molar-refractivity contribution in [2.75, 3.05) is 0 Å². The lowest BCUT2D eigenvalue weighted by Crippen LogP contribution is -1.98. The monoisotopic (exact) mass is 274 g/mol. The van der Waals surface area contributed by atoms with Gasteiger partial charge in [0.25, 0.3) is 0 Å². The van der Waals surface area contributed by atoms with Crippen LogP contribution in [0.25, 0.3) is 5.69 Å². The summed E-state index contributed by atoms with van der Waals surface area (Å²) in [5.41, 5.74) is 0.914. The second kappa shape index (κ2) is 5.19. The van der Waals surface area contributed by atoms with Gasteiger partial charge >= 0.3 is 0 Å². The topological polar surface area (TPSA) is 82.5 Å². The standard InChI is InChI=1S/C11H10N6OS/c1-8-12-13-10(18-8)7-19-11-14-15-16-17(11)9-5-3-2-4-6-9/h2-6H,7H2,1H3. The highest BCUT2D eigenvalue weighted by molar-refractivity contribution is 7.98. The number of nitrogens with zero attached hydrogens (tertiary/aromatic N) is 6. The minimum atomic E-state index is 0.536. The molecule has 8 heteroatoms. The van der Waals surface area contributed by atoms with Crippen molar-refractivity contribution in [2.24, 2.45) is 0 Å². The van der Waals surface area contributed by atoms with Gasteiger partial charge in [0.05, 0.1) is 11.4 Å². The van der Waals surface area contributed by atoms with Gasteiger partial charge in [-0.3, -0.25) is 0 Å². The summed E-state index contributed by atoms with van der Waals surface area (Å²) in [6, 6.07) is 9.70. The van der Waals surface area contributed by atoms with E-state index in [2.05, 4.69) is 25.7 Å². The zero-order chi connectivity index (χ0) is 13.1. The molecule has 3 aromatic rings. The number of rotatable bonds is 4. The maximum absolute atomic E-state index is 5.31. The third-order valence-electron chi connectivity index (χ3n) is 2.33. The van der Waals surface area contributed by atoms with E-state index >= 15 is 0 Å². The SMILES string of the molecule is Cc1nnc(CSc2nnnn2-c2ccccc2)o1. The molecule has 1 aromatic carbocycles. The molecule has 7 nitrogen and oxygen atoms in total. The first kappa shape index (κ1) is 11.8. The Labute approximate surface area is 113 Å². The third kappa shape index (κ3) is 2.63. The Morgan fingerprint density at radius 1 is 1.16 bits per heavy atom. The summed E-state index contributed by atoms with van der Waals surface area (Å²) in [7, 11) is 0. The molecule has 0 bridgehead atoms. The Kier molecular flexibility index (Phi) is 3.23. The van der Waals surface area contributed by atoms with Crippen molar-refractivity contribution < 1.29 is 4.42 Å². The second-order valence-electron chi connectivity index (χ2n) is 3.71. The van der Waals surface area contributed by atoms with Gasteiger partial charge in [-0.2, -0.15) is 4.68 Å². The largest absolute Gasteiger partial charge is 0.425 e. The summed E-state index contributed by atoms with van der Waals surface area (Å²) in [5.74, 6) is 1.65. The van der Waals surface area contributed by atoms with Crippen molar-refractivity contribution in [1.82, 2.24) is 30.4 Å². The maximum atomic E-state index is 5.31. The van der Waals surface area contributed by atoms with Gasteiger partial charge in [0.1, 0.15) is 0 Å². The lowest BCUT2D eigenvalue weighted by atomic mass is 10.3. The molecule has 2 heterocycles. The maximum Gasteiger partial charge on any atom is 0.226 e. The molecule has 19 heavy (non-hydrogen) atoms. The van der Waals surface area contributed by atoms with Gasteiger partial charge in [0, 0.05) is 6.92 Å². The summed E-state index contributed by atoms with van der Waals surface area (Å²) in [5, 5.41) is 20.0. The molecular weight excluding hydrogens is 264 g/mol. The molecule has 96 valence electrons. The molecular formula is C11H10N6OS. The summed E-state index contributed by atoms with van der Waals surface area (Å²) in [6.07, 6.45) is 0. The molecule has 0 spiro atoms. The summed E-state index contributed by atoms with van der Waals surface area (Å²) < 4.78 is 6.98. The van der Waals surface area contributed by atoms with Crippen molar-refractivity contribution in [3.8, 4) is 5.69 Å². The van der Waals surface area contributed by atoms with Crippen LogP contribution in [-0.2, 0) is 5.75 Å². The highest BCUT2D eigenvalue weighted by Gasteiger charge is 2.11. The van der Waals surface area contributed by atoms with Crippen LogP contribution in [0.1, 0.15) is 11.8 Å². The Balaban J connectivity index is 1.77. The van der Waals surface area contributed by atoms with E-state index in [4.69, 9.17) is 4.42 Å².